The van der Waals surface area contributed by atoms with Crippen LogP contribution in [0.4, 0.5) is 36.4 Å². The molecule has 3 N–H and O–H groups in total. The second-order valence-corrected chi connectivity index (χ2v) is 11.1. The number of rotatable bonds is 10. The van der Waals surface area contributed by atoms with Gasteiger partial charge < -0.3 is 25.3 Å². The lowest BCUT2D eigenvalue weighted by Gasteiger charge is -2.39. The average molecular weight is 671 g/mol. The van der Waals surface area contributed by atoms with Gasteiger partial charge in [-0.25, -0.2) is 22.5 Å². The second kappa shape index (κ2) is 14.9. The van der Waals surface area contributed by atoms with Crippen molar-refractivity contribution in [1.29, 1.82) is 0 Å². The number of likely N-dealkylation sites (tertiary alicyclic amines) is 1. The van der Waals surface area contributed by atoms with Gasteiger partial charge in [0.1, 0.15) is 29.8 Å². The van der Waals surface area contributed by atoms with Crippen LogP contribution in [0.1, 0.15) is 39.6 Å². The zero-order valence-corrected chi connectivity index (χ0v) is 25.7. The number of alkyl halides is 6. The molecule has 1 aliphatic heterocycles. The molecule has 3 aromatic rings. The van der Waals surface area contributed by atoms with Crippen molar-refractivity contribution in [3.63, 3.8) is 0 Å². The smallest absolute Gasteiger partial charge is 0.406 e. The summed E-state index contributed by atoms with van der Waals surface area (Å²) in [5.74, 6) is 2.93. The fourth-order valence-electron chi connectivity index (χ4n) is 5.42. The predicted octanol–water partition coefficient (Wildman–Crippen LogP) is 4.61. The molecule has 47 heavy (non-hydrogen) atoms. The van der Waals surface area contributed by atoms with E-state index < -0.39 is 61.3 Å². The van der Waals surface area contributed by atoms with Crippen molar-refractivity contribution in [2.75, 3.05) is 45.7 Å². The molecule has 0 bridgehead atoms. The number of nitrogens with zero attached hydrogens (tertiary/aromatic N) is 3. The van der Waals surface area contributed by atoms with E-state index in [0.717, 1.165) is 17.0 Å². The van der Waals surface area contributed by atoms with Crippen LogP contribution >= 0.6 is 0 Å². The van der Waals surface area contributed by atoms with E-state index >= 15 is 4.39 Å². The highest BCUT2D eigenvalue weighted by Crippen LogP contribution is 2.29. The number of amides is 2. The molecule has 1 saturated heterocycles. The number of aromatic nitrogens is 2. The Bertz CT molecular complexity index is 1650. The minimum Gasteiger partial charge on any atom is -0.494 e. The fourth-order valence-corrected chi connectivity index (χ4v) is 5.42. The molecule has 2 amide bonds. The number of nitrogens with one attached hydrogen (secondary N) is 3. The van der Waals surface area contributed by atoms with E-state index in [1.807, 2.05) is 0 Å². The quantitative estimate of drug-likeness (QED) is 0.215. The summed E-state index contributed by atoms with van der Waals surface area (Å²) in [5.41, 5.74) is -0.0602. The molecular weight excluding hydrogens is 637 g/mol. The molecule has 4 rings (SSSR count). The van der Waals surface area contributed by atoms with Gasteiger partial charge in [-0.2, -0.15) is 13.2 Å². The van der Waals surface area contributed by atoms with Crippen LogP contribution in [0.3, 0.4) is 0 Å². The average Bonchev–Trinajstić information content (AvgIpc) is 3.40. The third-order valence-electron chi connectivity index (χ3n) is 7.62. The molecule has 0 saturated carbocycles. The minimum atomic E-state index is -4.60. The van der Waals surface area contributed by atoms with Crippen LogP contribution in [-0.2, 0) is 6.54 Å². The molecule has 0 spiro atoms. The first-order valence-electron chi connectivity index (χ1n) is 14.5. The summed E-state index contributed by atoms with van der Waals surface area (Å²) in [7, 11) is 2.65. The maximum atomic E-state index is 15.2. The molecule has 0 unspecified atom stereocenters. The van der Waals surface area contributed by atoms with E-state index in [1.54, 1.807) is 11.8 Å². The molecule has 254 valence electrons. The number of hydrogen-bond donors (Lipinski definition) is 3. The van der Waals surface area contributed by atoms with Crippen molar-refractivity contribution in [2.45, 2.75) is 44.7 Å². The Morgan fingerprint density at radius 3 is 2.51 bits per heavy atom. The number of hydrogen-bond acceptors (Lipinski definition) is 6. The zero-order valence-electron chi connectivity index (χ0n) is 25.7. The highest BCUT2D eigenvalue weighted by Gasteiger charge is 2.36. The van der Waals surface area contributed by atoms with E-state index in [0.29, 0.717) is 0 Å². The molecule has 9 nitrogen and oxygen atoms in total. The van der Waals surface area contributed by atoms with Gasteiger partial charge >= 0.3 is 6.18 Å². The van der Waals surface area contributed by atoms with E-state index in [-0.39, 0.29) is 65.3 Å². The predicted molar refractivity (Wildman–Crippen MR) is 160 cm³/mol. The number of carbonyl (C=O) groups excluding carboxylic acids is 2. The first kappa shape index (κ1) is 35.3. The van der Waals surface area contributed by atoms with Crippen LogP contribution in [0.5, 0.6) is 5.75 Å². The number of imidazole rings is 1. The van der Waals surface area contributed by atoms with Crippen LogP contribution < -0.4 is 20.7 Å². The normalized spacial score (nSPS) is 18.5. The summed E-state index contributed by atoms with van der Waals surface area (Å²) in [4.78, 5) is 31.1. The number of halogens is 7. The van der Waals surface area contributed by atoms with Gasteiger partial charge in [-0.1, -0.05) is 18.8 Å². The van der Waals surface area contributed by atoms with Crippen LogP contribution in [-0.4, -0.2) is 91.4 Å². The Labute approximate surface area is 265 Å². The molecule has 3 atom stereocenters. The maximum Gasteiger partial charge on any atom is 0.406 e. The van der Waals surface area contributed by atoms with Crippen LogP contribution in [0.2, 0.25) is 0 Å². The standard InChI is InChI=1S/C31H33F7N6O3/c1-17-13-43(8-6-26(34)35)14-22(33)27(17)42-30(46)20-9-18(10-24-28(20)41-16-44(24)15-31(36,37)38)5-4-7-40-23-11-19(29(45)39-2)21(32)12-25(23)47-3/h9-12,16-17,22,26-27,40H,6-8,13-15H2,1-3H3,(H,39,45)(H,42,46)/t17-,22-,27+/m0/s1. The molecule has 1 aliphatic rings. The Hall–Kier alpha value is -4.52. The molecular formula is C31H33F7N6O3. The highest BCUT2D eigenvalue weighted by atomic mass is 19.4. The molecule has 0 aliphatic carbocycles. The zero-order chi connectivity index (χ0) is 34.5. The lowest BCUT2D eigenvalue weighted by Crippen LogP contribution is -2.57. The lowest BCUT2D eigenvalue weighted by molar-refractivity contribution is -0.140. The van der Waals surface area contributed by atoms with E-state index in [2.05, 4.69) is 32.8 Å². The number of anilines is 1. The molecule has 2 aromatic carbocycles. The highest BCUT2D eigenvalue weighted by molar-refractivity contribution is 6.05. The number of carbonyl (C=O) groups is 2. The van der Waals surface area contributed by atoms with Gasteiger partial charge in [-0.15, -0.1) is 0 Å². The number of methoxy groups -OCH3 is 1. The maximum absolute atomic E-state index is 15.2. The van der Waals surface area contributed by atoms with Crippen LogP contribution in [0, 0.1) is 23.6 Å². The van der Waals surface area contributed by atoms with Crippen molar-refractivity contribution < 1.29 is 45.1 Å². The largest absolute Gasteiger partial charge is 0.494 e. The number of ether oxygens (including phenoxy) is 1. The molecule has 2 heterocycles. The van der Waals surface area contributed by atoms with Crippen LogP contribution in [0.25, 0.3) is 11.0 Å². The van der Waals surface area contributed by atoms with E-state index in [9.17, 15) is 35.9 Å². The first-order chi connectivity index (χ1) is 22.2. The van der Waals surface area contributed by atoms with Crippen molar-refractivity contribution in [1.82, 2.24) is 25.1 Å². The topological polar surface area (TPSA) is 101 Å². The first-order valence-corrected chi connectivity index (χ1v) is 14.5. The fraction of sp³-hybridized carbons (Fsp3) is 0.452. The Kier molecular flexibility index (Phi) is 11.2. The lowest BCUT2D eigenvalue weighted by atomic mass is 9.91. The minimum absolute atomic E-state index is 0.000889. The van der Waals surface area contributed by atoms with Gasteiger partial charge in [0.05, 0.1) is 48.4 Å². The van der Waals surface area contributed by atoms with Gasteiger partial charge in [0.15, 0.2) is 0 Å². The van der Waals surface area contributed by atoms with Gasteiger partial charge in [0.25, 0.3) is 11.8 Å². The van der Waals surface area contributed by atoms with E-state index in [1.165, 1.54) is 32.4 Å². The third kappa shape index (κ3) is 8.85. The van der Waals surface area contributed by atoms with Gasteiger partial charge in [-0.05, 0) is 24.1 Å². The van der Waals surface area contributed by atoms with Crippen molar-refractivity contribution in [3.8, 4) is 17.6 Å². The number of benzene rings is 2. The third-order valence-corrected chi connectivity index (χ3v) is 7.62. The van der Waals surface area contributed by atoms with Crippen LogP contribution in [0.15, 0.2) is 30.6 Å². The van der Waals surface area contributed by atoms with Crippen molar-refractivity contribution in [2.24, 2.45) is 5.92 Å². The van der Waals surface area contributed by atoms with Gasteiger partial charge in [-0.3, -0.25) is 14.5 Å². The van der Waals surface area contributed by atoms with Crippen molar-refractivity contribution >= 4 is 28.5 Å². The Morgan fingerprint density at radius 2 is 1.87 bits per heavy atom. The van der Waals surface area contributed by atoms with Gasteiger partial charge in [0.2, 0.25) is 6.43 Å². The summed E-state index contributed by atoms with van der Waals surface area (Å²) in [6.45, 7) is 0.292. The summed E-state index contributed by atoms with van der Waals surface area (Å²) in [5, 5.41) is 7.85. The monoisotopic (exact) mass is 670 g/mol. The number of fused-ring (bicyclic) bond motifs is 1. The summed E-state index contributed by atoms with van der Waals surface area (Å²) in [6, 6.07) is 3.94. The summed E-state index contributed by atoms with van der Waals surface area (Å²) >= 11 is 0. The Balaban J connectivity index is 1.60. The SMILES string of the molecule is CNC(=O)c1cc(NCC#Cc2cc(C(=O)N[C@@H]3[C@@H](C)CN(CCC(F)F)C[C@@H]3F)c3ncn(CC(F)(F)F)c3c2)c(OC)cc1F. The molecule has 0 radical (unpaired) electrons. The number of piperidine rings is 1. The molecule has 16 heteroatoms. The van der Waals surface area contributed by atoms with E-state index in [4.69, 9.17) is 4.74 Å². The second-order valence-electron chi connectivity index (χ2n) is 11.1. The molecule has 1 fully saturated rings. The van der Waals surface area contributed by atoms with Crippen molar-refractivity contribution in [3.05, 3.63) is 53.1 Å². The summed E-state index contributed by atoms with van der Waals surface area (Å²) < 4.78 is 101. The summed E-state index contributed by atoms with van der Waals surface area (Å²) in [6.07, 6.45) is -8.18. The Morgan fingerprint density at radius 1 is 1.13 bits per heavy atom. The molecule has 1 aromatic heterocycles. The van der Waals surface area contributed by atoms with Gasteiger partial charge in [0, 0.05) is 44.7 Å².